The van der Waals surface area contributed by atoms with Crippen LogP contribution in [0.4, 0.5) is 17.1 Å². The number of primary sulfonamides is 1. The van der Waals surface area contributed by atoms with Crippen LogP contribution in [0.2, 0.25) is 0 Å². The topological polar surface area (TPSA) is 150 Å². The minimum atomic E-state index is -3.54. The molecule has 1 fully saturated rings. The number of rotatable bonds is 5. The molecule has 2 N–H and O–H groups in total. The quantitative estimate of drug-likeness (QED) is 0.618. The zero-order chi connectivity index (χ0) is 17.2. The van der Waals surface area contributed by atoms with Crippen LogP contribution < -0.4 is 10.0 Å². The molecule has 0 unspecified atom stereocenters. The maximum Gasteiger partial charge on any atom is 0.299 e. The summed E-state index contributed by atoms with van der Waals surface area (Å²) in [4.78, 5) is 22.3. The van der Waals surface area contributed by atoms with E-state index in [-0.39, 0.29) is 23.0 Å². The maximum atomic E-state index is 11.2. The molecule has 0 aromatic heterocycles. The van der Waals surface area contributed by atoms with Gasteiger partial charge in [-0.1, -0.05) is 0 Å². The third-order valence-electron chi connectivity index (χ3n) is 3.79. The summed E-state index contributed by atoms with van der Waals surface area (Å²) in [5.41, 5.74) is -0.372. The fourth-order valence-corrected chi connectivity index (χ4v) is 3.70. The van der Waals surface area contributed by atoms with Crippen molar-refractivity contribution in [1.29, 1.82) is 0 Å². The Morgan fingerprint density at radius 1 is 1.17 bits per heavy atom. The Balaban J connectivity index is 2.17. The Hall–Kier alpha value is -2.27. The molecule has 0 amide bonds. The molecule has 0 bridgehead atoms. The number of benzene rings is 1. The molecule has 1 aromatic carbocycles. The monoisotopic (exact) mass is 344 g/mol. The summed E-state index contributed by atoms with van der Waals surface area (Å²) in [6.45, 7) is 0.859. The van der Waals surface area contributed by atoms with Gasteiger partial charge in [0.15, 0.2) is 0 Å². The molecule has 0 saturated carbocycles. The molecule has 1 aliphatic heterocycles. The summed E-state index contributed by atoms with van der Waals surface area (Å²) >= 11 is 0. The van der Waals surface area contributed by atoms with Gasteiger partial charge in [0.05, 0.1) is 21.7 Å². The van der Waals surface area contributed by atoms with E-state index in [1.807, 2.05) is 0 Å². The van der Waals surface area contributed by atoms with E-state index in [9.17, 15) is 28.6 Å². The molecule has 1 aromatic rings. The summed E-state index contributed by atoms with van der Waals surface area (Å²) in [6, 6.07) is 3.51. The second-order valence-electron chi connectivity index (χ2n) is 5.45. The summed E-state index contributed by atoms with van der Waals surface area (Å²) in [5, 5.41) is 26.9. The van der Waals surface area contributed by atoms with E-state index in [0.717, 1.165) is 6.07 Å². The minimum Gasteiger partial charge on any atom is -0.366 e. The van der Waals surface area contributed by atoms with E-state index in [1.165, 1.54) is 12.1 Å². The Morgan fingerprint density at radius 2 is 1.78 bits per heavy atom. The molecular formula is C12H16N4O6S. The number of nitrogens with two attached hydrogens (primary N) is 1. The molecular weight excluding hydrogens is 328 g/mol. The van der Waals surface area contributed by atoms with Gasteiger partial charge in [-0.25, -0.2) is 13.6 Å². The van der Waals surface area contributed by atoms with E-state index >= 15 is 0 Å². The summed E-state index contributed by atoms with van der Waals surface area (Å²) < 4.78 is 22.2. The van der Waals surface area contributed by atoms with Crippen molar-refractivity contribution < 1.29 is 18.3 Å². The zero-order valence-electron chi connectivity index (χ0n) is 12.1. The largest absolute Gasteiger partial charge is 0.366 e. The lowest BCUT2D eigenvalue weighted by Gasteiger charge is -2.32. The van der Waals surface area contributed by atoms with Crippen LogP contribution in [0.5, 0.6) is 0 Å². The first-order valence-electron chi connectivity index (χ1n) is 6.85. The van der Waals surface area contributed by atoms with E-state index in [4.69, 9.17) is 5.14 Å². The first kappa shape index (κ1) is 17.1. The lowest BCUT2D eigenvalue weighted by Crippen LogP contribution is -2.37. The molecule has 1 saturated heterocycles. The Morgan fingerprint density at radius 3 is 2.26 bits per heavy atom. The number of hydrogen-bond donors (Lipinski definition) is 1. The van der Waals surface area contributed by atoms with Crippen LogP contribution in [0.3, 0.4) is 0 Å². The lowest BCUT2D eigenvalue weighted by molar-refractivity contribution is -0.393. The summed E-state index contributed by atoms with van der Waals surface area (Å²) in [7, 11) is -3.54. The van der Waals surface area contributed by atoms with Crippen LogP contribution in [0.25, 0.3) is 0 Å². The number of piperidine rings is 1. The van der Waals surface area contributed by atoms with Gasteiger partial charge in [-0.05, 0) is 24.8 Å². The van der Waals surface area contributed by atoms with Gasteiger partial charge >= 0.3 is 0 Å². The second kappa shape index (κ2) is 6.46. The number of anilines is 1. The number of hydrogen-bond acceptors (Lipinski definition) is 7. The van der Waals surface area contributed by atoms with E-state index in [1.54, 1.807) is 4.90 Å². The van der Waals surface area contributed by atoms with Crippen molar-refractivity contribution in [1.82, 2.24) is 0 Å². The third kappa shape index (κ3) is 4.36. The number of nitrogens with zero attached hydrogens (tertiary/aromatic N) is 3. The smallest absolute Gasteiger partial charge is 0.299 e. The van der Waals surface area contributed by atoms with Gasteiger partial charge in [0, 0.05) is 19.2 Å². The molecule has 0 spiro atoms. The van der Waals surface area contributed by atoms with Gasteiger partial charge < -0.3 is 4.90 Å². The van der Waals surface area contributed by atoms with Gasteiger partial charge in [0.25, 0.3) is 11.4 Å². The molecule has 0 aliphatic carbocycles. The van der Waals surface area contributed by atoms with Gasteiger partial charge in [0.2, 0.25) is 10.0 Å². The molecule has 2 rings (SSSR count). The fraction of sp³-hybridized carbons (Fsp3) is 0.500. The van der Waals surface area contributed by atoms with Crippen molar-refractivity contribution in [3.63, 3.8) is 0 Å². The minimum absolute atomic E-state index is 0.0849. The highest BCUT2D eigenvalue weighted by molar-refractivity contribution is 7.89. The van der Waals surface area contributed by atoms with Gasteiger partial charge in [-0.2, -0.15) is 0 Å². The van der Waals surface area contributed by atoms with Crippen LogP contribution in [-0.2, 0) is 10.0 Å². The third-order valence-corrected chi connectivity index (χ3v) is 4.73. The van der Waals surface area contributed by atoms with E-state index in [0.29, 0.717) is 31.6 Å². The number of nitro benzene ring substituents is 2. The number of sulfonamides is 1. The zero-order valence-corrected chi connectivity index (χ0v) is 12.9. The van der Waals surface area contributed by atoms with Crippen molar-refractivity contribution in [3.05, 3.63) is 38.4 Å². The highest BCUT2D eigenvalue weighted by atomic mass is 32.2. The molecule has 0 atom stereocenters. The maximum absolute atomic E-state index is 11.2. The Kier molecular flexibility index (Phi) is 4.80. The molecule has 11 heteroatoms. The summed E-state index contributed by atoms with van der Waals surface area (Å²) in [5.74, 6) is -0.193. The lowest BCUT2D eigenvalue weighted by atomic mass is 9.98. The Labute approximate surface area is 132 Å². The van der Waals surface area contributed by atoms with Crippen LogP contribution in [-0.4, -0.2) is 37.1 Å². The average molecular weight is 344 g/mol. The fourth-order valence-electron chi connectivity index (χ4n) is 2.71. The van der Waals surface area contributed by atoms with Crippen molar-refractivity contribution >= 4 is 27.1 Å². The first-order chi connectivity index (χ1) is 10.7. The highest BCUT2D eigenvalue weighted by Crippen LogP contribution is 2.34. The van der Waals surface area contributed by atoms with Crippen LogP contribution in [0.1, 0.15) is 12.8 Å². The van der Waals surface area contributed by atoms with Crippen LogP contribution in [0.15, 0.2) is 18.2 Å². The molecule has 1 aliphatic rings. The van der Waals surface area contributed by atoms with E-state index < -0.39 is 19.9 Å². The highest BCUT2D eigenvalue weighted by Gasteiger charge is 2.28. The molecule has 0 radical (unpaired) electrons. The predicted molar refractivity (Wildman–Crippen MR) is 82.7 cm³/mol. The SMILES string of the molecule is NS(=O)(=O)CC1CCN(c2ccc([N+](=O)[O-])cc2[N+](=O)[O-])CC1. The molecule has 126 valence electrons. The van der Waals surface area contributed by atoms with Gasteiger partial charge in [-0.15, -0.1) is 0 Å². The van der Waals surface area contributed by atoms with Crippen molar-refractivity contribution in [3.8, 4) is 0 Å². The average Bonchev–Trinajstić information content (AvgIpc) is 2.45. The standard InChI is InChI=1S/C12H16N4O6S/c13-23(21,22)8-9-3-5-14(6-4-9)11-2-1-10(15(17)18)7-12(11)16(19)20/h1-2,7,9H,3-6,8H2,(H2,13,21,22). The molecule has 23 heavy (non-hydrogen) atoms. The van der Waals surface area contributed by atoms with E-state index in [2.05, 4.69) is 0 Å². The Bertz CT molecular complexity index is 727. The van der Waals surface area contributed by atoms with Crippen molar-refractivity contribution in [2.24, 2.45) is 11.1 Å². The van der Waals surface area contributed by atoms with Crippen LogP contribution in [0, 0.1) is 26.1 Å². The molecule has 1 heterocycles. The van der Waals surface area contributed by atoms with Gasteiger partial charge in [-0.3, -0.25) is 20.2 Å². The van der Waals surface area contributed by atoms with Crippen molar-refractivity contribution in [2.75, 3.05) is 23.7 Å². The normalized spacial score (nSPS) is 16.3. The van der Waals surface area contributed by atoms with Gasteiger partial charge in [0.1, 0.15) is 5.69 Å². The first-order valence-corrected chi connectivity index (χ1v) is 8.57. The van der Waals surface area contributed by atoms with Crippen molar-refractivity contribution in [2.45, 2.75) is 12.8 Å². The number of non-ortho nitro benzene ring substituents is 1. The summed E-state index contributed by atoms with van der Waals surface area (Å²) in [6.07, 6.45) is 1.06. The molecule has 10 nitrogen and oxygen atoms in total. The number of nitro groups is 2. The second-order valence-corrected chi connectivity index (χ2v) is 7.11. The van der Waals surface area contributed by atoms with Crippen LogP contribution >= 0.6 is 0 Å². The predicted octanol–water partition coefficient (Wildman–Crippen LogP) is 1.01.